The third-order valence-electron chi connectivity index (χ3n) is 15.5. The number of aryl methyl sites for hydroxylation is 3. The largest absolute Gasteiger partial charge is 0.494 e. The third kappa shape index (κ3) is 30.2. The molecular weight excluding hydrogens is 1330 g/mol. The maximum Gasteiger partial charge on any atom is 0.353 e. The number of benzene rings is 2. The summed E-state index contributed by atoms with van der Waals surface area (Å²) in [7, 11) is -1.52. The van der Waals surface area contributed by atoms with Gasteiger partial charge in [-0.25, -0.2) is 9.78 Å². The smallest absolute Gasteiger partial charge is 0.353 e. The maximum absolute atomic E-state index is 13.6. The zero-order valence-electron chi connectivity index (χ0n) is 56.9. The molecule has 0 bridgehead atoms. The number of ether oxygens (including phenoxy) is 5. The van der Waals surface area contributed by atoms with Gasteiger partial charge in [0.05, 0.1) is 82.8 Å². The van der Waals surface area contributed by atoms with Crippen molar-refractivity contribution in [3.8, 4) is 5.75 Å². The van der Waals surface area contributed by atoms with Crippen molar-refractivity contribution in [1.82, 2.24) is 60.7 Å². The number of amides is 5. The van der Waals surface area contributed by atoms with Crippen molar-refractivity contribution in [1.29, 1.82) is 0 Å². The Morgan fingerprint density at radius 3 is 1.73 bits per heavy atom. The summed E-state index contributed by atoms with van der Waals surface area (Å²) >= 11 is 0. The van der Waals surface area contributed by atoms with Gasteiger partial charge in [0.25, 0.3) is 15.9 Å². The van der Waals surface area contributed by atoms with Gasteiger partial charge in [-0.15, -0.1) is 0 Å². The van der Waals surface area contributed by atoms with Crippen LogP contribution in [-0.2, 0) is 80.9 Å². The maximum atomic E-state index is 13.6. The SMILES string of the molecule is COCCNC(=O)CC[C@@H](NC(=O)CN1CCN(CC(=O)O)CCN(CC(=O)O)CCN(CC(=O)O)CC1)C(=O)NCCCOCCOCCOCCCNC(=O)CCCOc1cc(C)c(S(=O)(=O)N=C(CNC(=O)c2cn(C)c3cc(CNc4ncc[nH]4)ccc3c2=O)C(=O)O)c(C)c1. The summed E-state index contributed by atoms with van der Waals surface area (Å²) in [4.78, 5) is 140. The van der Waals surface area contributed by atoms with E-state index in [0.717, 1.165) is 5.56 Å². The van der Waals surface area contributed by atoms with Crippen LogP contribution >= 0.6 is 0 Å². The quantitative estimate of drug-likeness (QED) is 0.0184. The van der Waals surface area contributed by atoms with E-state index in [-0.39, 0.29) is 189 Å². The van der Waals surface area contributed by atoms with Gasteiger partial charge in [0.2, 0.25) is 29.1 Å². The average molecular weight is 1430 g/mol. The van der Waals surface area contributed by atoms with Gasteiger partial charge in [-0.05, 0) is 80.5 Å². The van der Waals surface area contributed by atoms with Crippen molar-refractivity contribution in [2.45, 2.75) is 69.9 Å². The number of nitrogens with zero attached hydrogens (tertiary/aromatic N) is 7. The van der Waals surface area contributed by atoms with E-state index in [9.17, 15) is 76.8 Å². The molecule has 1 aliphatic heterocycles. The lowest BCUT2D eigenvalue weighted by molar-refractivity contribution is -0.140. The number of fused-ring (bicyclic) bond motifs is 1. The molecule has 35 nitrogen and oxygen atoms in total. The molecule has 3 heterocycles. The number of aromatic amines is 1. The number of hydrogen-bond donors (Lipinski definition) is 11. The number of carbonyl (C=O) groups is 9. The topological polar surface area (TPSA) is 463 Å². The number of rotatable bonds is 44. The standard InChI is InChI=1S/C64H94N14O21S/c1-44-34-47(35-45(2)60(44)100(93,94)73-51(63(91)92)38-70-61(89)49-39-74(3)52-36-46(9-10-48(52)59(49)88)37-71-64-68-15-16-69-64)99-28-5-8-53(79)65-13-6-26-96-30-32-98-33-31-97-27-7-14-67-62(90)50(11-12-54(80)66-17-29-95-4)72-55(81)40-75-18-20-76(41-56(82)83)22-24-78(43-58(86)87)25-23-77(21-19-75)42-57(84)85/h9-10,15-16,34-36,39,50H,5-8,11-14,17-33,37-38,40-43H2,1-4H3,(H,65,79)(H,66,80)(H,67,90)(H,70,89)(H,72,81)(H,82,83)(H,84,85)(H,86,87)(H,91,92)(H2,68,69,71)/t50-/m1/s1. The molecule has 0 spiro atoms. The van der Waals surface area contributed by atoms with Gasteiger partial charge >= 0.3 is 23.9 Å². The van der Waals surface area contributed by atoms with E-state index in [1.807, 2.05) is 0 Å². The predicted octanol–water partition coefficient (Wildman–Crippen LogP) is -1.14. The second kappa shape index (κ2) is 43.5. The zero-order chi connectivity index (χ0) is 73.0. The second-order valence-corrected chi connectivity index (χ2v) is 25.0. The second-order valence-electron chi connectivity index (χ2n) is 23.4. The number of aromatic nitrogens is 3. The van der Waals surface area contributed by atoms with Gasteiger partial charge in [-0.2, -0.15) is 12.8 Å². The number of anilines is 1. The Bertz CT molecular complexity index is 3520. The molecule has 11 N–H and O–H groups in total. The lowest BCUT2D eigenvalue weighted by Crippen LogP contribution is -2.52. The Hall–Kier alpha value is -9.01. The highest BCUT2D eigenvalue weighted by Crippen LogP contribution is 2.28. The number of nitrogens with one attached hydrogen (secondary N) is 7. The predicted molar refractivity (Wildman–Crippen MR) is 363 cm³/mol. The lowest BCUT2D eigenvalue weighted by Gasteiger charge is -2.33. The van der Waals surface area contributed by atoms with Crippen LogP contribution in [0, 0.1) is 13.8 Å². The minimum atomic E-state index is -4.64. The first-order valence-electron chi connectivity index (χ1n) is 32.6. The van der Waals surface area contributed by atoms with Crippen LogP contribution in [0.25, 0.3) is 10.9 Å². The number of methoxy groups -OCH3 is 1. The molecule has 1 saturated heterocycles. The summed E-state index contributed by atoms with van der Waals surface area (Å²) in [5.74, 6) is -6.70. The van der Waals surface area contributed by atoms with Crippen molar-refractivity contribution in [3.05, 3.63) is 81.4 Å². The first kappa shape index (κ1) is 81.7. The van der Waals surface area contributed by atoms with E-state index in [1.54, 1.807) is 61.8 Å². The van der Waals surface area contributed by atoms with Crippen LogP contribution in [0.1, 0.15) is 65.6 Å². The number of sulfonamides is 1. The highest BCUT2D eigenvalue weighted by molar-refractivity contribution is 7.90. The molecule has 0 saturated carbocycles. The van der Waals surface area contributed by atoms with Gasteiger partial charge in [0.15, 0.2) is 11.7 Å². The Balaban J connectivity index is 0.945. The number of hydrogen-bond acceptors (Lipinski definition) is 23. The molecule has 2 aromatic heterocycles. The number of H-pyrrole nitrogens is 1. The molecule has 1 atom stereocenters. The van der Waals surface area contributed by atoms with E-state index < -0.39 is 75.3 Å². The molecule has 4 aromatic rings. The molecular formula is C64H94N14O21S. The molecule has 5 amide bonds. The van der Waals surface area contributed by atoms with E-state index in [2.05, 4.69) is 46.3 Å². The van der Waals surface area contributed by atoms with Crippen molar-refractivity contribution in [3.63, 3.8) is 0 Å². The van der Waals surface area contributed by atoms with E-state index in [4.69, 9.17) is 23.7 Å². The normalized spacial score (nSPS) is 14.3. The zero-order valence-corrected chi connectivity index (χ0v) is 57.7. The molecule has 5 rings (SSSR count). The van der Waals surface area contributed by atoms with Gasteiger partial charge in [0.1, 0.15) is 17.4 Å². The summed E-state index contributed by atoms with van der Waals surface area (Å²) < 4.78 is 60.0. The molecule has 36 heteroatoms. The number of aliphatic carboxylic acids is 4. The monoisotopic (exact) mass is 1430 g/mol. The van der Waals surface area contributed by atoms with Crippen LogP contribution < -0.4 is 42.1 Å². The van der Waals surface area contributed by atoms with Crippen molar-refractivity contribution in [2.75, 3.05) is 170 Å². The fourth-order valence-corrected chi connectivity index (χ4v) is 11.9. The number of imidazole rings is 1. The van der Waals surface area contributed by atoms with E-state index >= 15 is 0 Å². The first-order chi connectivity index (χ1) is 47.8. The lowest BCUT2D eigenvalue weighted by atomic mass is 10.1. The van der Waals surface area contributed by atoms with Crippen LogP contribution in [0.2, 0.25) is 0 Å². The highest BCUT2D eigenvalue weighted by Gasteiger charge is 2.28. The van der Waals surface area contributed by atoms with Crippen LogP contribution in [0.5, 0.6) is 5.75 Å². The molecule has 2 aromatic carbocycles. The number of pyridine rings is 1. The molecule has 100 heavy (non-hydrogen) atoms. The van der Waals surface area contributed by atoms with Gasteiger partial charge in [-0.3, -0.25) is 62.8 Å². The van der Waals surface area contributed by atoms with Gasteiger partial charge in [-0.1, -0.05) is 6.07 Å². The molecule has 0 radical (unpaired) electrons. The van der Waals surface area contributed by atoms with Crippen LogP contribution in [0.3, 0.4) is 0 Å². The molecule has 1 fully saturated rings. The summed E-state index contributed by atoms with van der Waals surface area (Å²) in [6.45, 7) is 5.78. The Kier molecular flexibility index (Phi) is 35.5. The van der Waals surface area contributed by atoms with Gasteiger partial charge in [0, 0.05) is 143 Å². The summed E-state index contributed by atoms with van der Waals surface area (Å²) in [5.41, 5.74) is -0.0234. The molecule has 0 aliphatic carbocycles. The van der Waals surface area contributed by atoms with Crippen LogP contribution in [-0.4, -0.2) is 293 Å². The third-order valence-corrected chi connectivity index (χ3v) is 17.1. The van der Waals surface area contributed by atoms with Crippen molar-refractivity contribution >= 4 is 86.0 Å². The Morgan fingerprint density at radius 1 is 0.650 bits per heavy atom. The van der Waals surface area contributed by atoms with Crippen molar-refractivity contribution < 1.29 is 95.7 Å². The van der Waals surface area contributed by atoms with E-state index in [1.165, 1.54) is 39.3 Å². The minimum Gasteiger partial charge on any atom is -0.494 e. The Morgan fingerprint density at radius 2 is 1.19 bits per heavy atom. The summed E-state index contributed by atoms with van der Waals surface area (Å²) in [6, 6.07) is 6.86. The van der Waals surface area contributed by atoms with Crippen LogP contribution in [0.4, 0.5) is 5.95 Å². The van der Waals surface area contributed by atoms with E-state index in [0.29, 0.717) is 62.8 Å². The average Bonchev–Trinajstić information content (AvgIpc) is 0.790. The summed E-state index contributed by atoms with van der Waals surface area (Å²) in [5, 5.41) is 55.3. The Labute approximate surface area is 578 Å². The number of carboxylic acids is 4. The fourth-order valence-electron chi connectivity index (χ4n) is 10.5. The number of carboxylic acid groups (broad SMARTS) is 4. The van der Waals surface area contributed by atoms with Gasteiger partial charge < -0.3 is 85.6 Å². The first-order valence-corrected chi connectivity index (χ1v) is 34.1. The highest BCUT2D eigenvalue weighted by atomic mass is 32.2. The molecule has 0 unspecified atom stereocenters. The fraction of sp³-hybridized carbons (Fsp3) is 0.562. The molecule has 1 aliphatic rings. The summed E-state index contributed by atoms with van der Waals surface area (Å²) in [6.07, 6.45) is 5.86. The minimum absolute atomic E-state index is 0.0375. The van der Waals surface area contributed by atoms with Crippen molar-refractivity contribution in [2.24, 2.45) is 11.4 Å². The van der Waals surface area contributed by atoms with Crippen LogP contribution in [0.15, 0.2) is 63.0 Å². The number of carbonyl (C=O) groups excluding carboxylic acids is 5. The molecule has 552 valence electrons.